The van der Waals surface area contributed by atoms with E-state index in [0.717, 1.165) is 0 Å². The van der Waals surface area contributed by atoms with Gasteiger partial charge in [0.15, 0.2) is 0 Å². The summed E-state index contributed by atoms with van der Waals surface area (Å²) in [5.41, 5.74) is 0. The van der Waals surface area contributed by atoms with Gasteiger partial charge in [-0.2, -0.15) is 0 Å². The first-order chi connectivity index (χ1) is 2.41. The van der Waals surface area contributed by atoms with E-state index in [0.29, 0.717) is 6.79 Å². The van der Waals surface area contributed by atoms with Crippen LogP contribution in [0.3, 0.4) is 0 Å². The van der Waals surface area contributed by atoms with Crippen molar-refractivity contribution >= 4 is 0 Å². The summed E-state index contributed by atoms with van der Waals surface area (Å²) in [5.74, 6) is 0. The van der Waals surface area contributed by atoms with Crippen LogP contribution >= 0.6 is 0 Å². The molecule has 6 heavy (non-hydrogen) atoms. The van der Waals surface area contributed by atoms with Gasteiger partial charge in [0.2, 0.25) is 0 Å². The summed E-state index contributed by atoms with van der Waals surface area (Å²) in [5, 5.41) is 0. The molecule has 0 heterocycles. The third-order valence-electron chi connectivity index (χ3n) is 0.236. The molecule has 36 valence electrons. The van der Waals surface area contributed by atoms with Crippen molar-refractivity contribution in [2.24, 2.45) is 0 Å². The average Bonchev–Trinajstić information content (AvgIpc) is 1.41. The van der Waals surface area contributed by atoms with Gasteiger partial charge in [0, 0.05) is 35.9 Å². The number of rotatable bonds is 2. The summed E-state index contributed by atoms with van der Waals surface area (Å²) in [7, 11) is 3.17. The Labute approximate surface area is 52.7 Å². The Hall–Kier alpha value is 0.634. The van der Waals surface area contributed by atoms with Crippen LogP contribution in [-0.4, -0.2) is 21.0 Å². The zero-order valence-corrected chi connectivity index (χ0v) is 5.59. The van der Waals surface area contributed by atoms with Gasteiger partial charge in [0.1, 0.15) is 6.79 Å². The van der Waals surface area contributed by atoms with Crippen LogP contribution < -0.4 is 0 Å². The molecule has 2 nitrogen and oxygen atoms in total. The fraction of sp³-hybridized carbons (Fsp3) is 1.00. The summed E-state index contributed by atoms with van der Waals surface area (Å²) in [6.45, 7) is 0.389. The van der Waals surface area contributed by atoms with Crippen LogP contribution in [0.2, 0.25) is 0 Å². The van der Waals surface area contributed by atoms with Crippen molar-refractivity contribution in [1.29, 1.82) is 0 Å². The van der Waals surface area contributed by atoms with Crippen LogP contribution in [0.15, 0.2) is 0 Å². The van der Waals surface area contributed by atoms with Crippen LogP contribution in [-0.2, 0) is 31.2 Å². The quantitative estimate of drug-likeness (QED) is 0.387. The molecular formula is C3H8O2Ti. The second kappa shape index (κ2) is 9.16. The molecule has 0 aromatic rings. The monoisotopic (exact) mass is 124 g/mol. The van der Waals surface area contributed by atoms with Crippen LogP contribution in [0, 0.1) is 0 Å². The second-order valence-electron chi connectivity index (χ2n) is 0.695. The molecule has 0 aromatic carbocycles. The standard InChI is InChI=1S/C3H8O2.Ti/c1-4-3-5-2;/h3H2,1-2H3;. The molecule has 0 saturated carbocycles. The third kappa shape index (κ3) is 8.82. The summed E-state index contributed by atoms with van der Waals surface area (Å²) < 4.78 is 8.94. The van der Waals surface area contributed by atoms with Crippen molar-refractivity contribution in [3.05, 3.63) is 0 Å². The van der Waals surface area contributed by atoms with E-state index in [1.807, 2.05) is 0 Å². The van der Waals surface area contributed by atoms with Crippen molar-refractivity contribution in [2.45, 2.75) is 0 Å². The molecule has 0 bridgehead atoms. The molecule has 0 spiro atoms. The predicted octanol–water partition coefficient (Wildman–Crippen LogP) is 0.234. The van der Waals surface area contributed by atoms with E-state index in [1.54, 1.807) is 14.2 Å². The van der Waals surface area contributed by atoms with Crippen molar-refractivity contribution < 1.29 is 31.2 Å². The van der Waals surface area contributed by atoms with Crippen molar-refractivity contribution in [3.8, 4) is 0 Å². The second-order valence-corrected chi connectivity index (χ2v) is 0.695. The van der Waals surface area contributed by atoms with E-state index >= 15 is 0 Å². The van der Waals surface area contributed by atoms with Crippen LogP contribution in [0.25, 0.3) is 0 Å². The zero-order chi connectivity index (χ0) is 4.12. The Balaban J connectivity index is 0. The number of ether oxygens (including phenoxy) is 2. The average molecular weight is 124 g/mol. The smallest absolute Gasteiger partial charge is 0.145 e. The molecule has 0 N–H and O–H groups in total. The molecule has 3 heteroatoms. The molecule has 0 aliphatic heterocycles. The fourth-order valence-electron chi connectivity index (χ4n) is 0.118. The van der Waals surface area contributed by atoms with Gasteiger partial charge in [0.05, 0.1) is 0 Å². The minimum atomic E-state index is 0. The Morgan fingerprint density at radius 3 is 1.50 bits per heavy atom. The Morgan fingerprint density at radius 2 is 1.50 bits per heavy atom. The Kier molecular flexibility index (Phi) is 15.0. The Bertz CT molecular complexity index is 16.3. The molecule has 0 radical (unpaired) electrons. The molecule has 0 atom stereocenters. The van der Waals surface area contributed by atoms with E-state index in [9.17, 15) is 0 Å². The normalized spacial score (nSPS) is 7.00. The van der Waals surface area contributed by atoms with Gasteiger partial charge in [-0.1, -0.05) is 0 Å². The summed E-state index contributed by atoms with van der Waals surface area (Å²) >= 11 is 0. The maximum Gasteiger partial charge on any atom is 0.145 e. The van der Waals surface area contributed by atoms with Gasteiger partial charge in [-0.05, 0) is 0 Å². The van der Waals surface area contributed by atoms with Gasteiger partial charge in [-0.15, -0.1) is 0 Å². The van der Waals surface area contributed by atoms with Crippen molar-refractivity contribution in [3.63, 3.8) is 0 Å². The summed E-state index contributed by atoms with van der Waals surface area (Å²) in [6.07, 6.45) is 0. The van der Waals surface area contributed by atoms with Crippen molar-refractivity contribution in [1.82, 2.24) is 0 Å². The molecule has 0 aliphatic carbocycles. The largest absolute Gasteiger partial charge is 0.359 e. The minimum absolute atomic E-state index is 0. The molecule has 0 aromatic heterocycles. The molecule has 0 fully saturated rings. The molecule has 0 rings (SSSR count). The first-order valence-electron chi connectivity index (χ1n) is 1.39. The molecule has 0 saturated heterocycles. The first-order valence-corrected chi connectivity index (χ1v) is 1.39. The predicted molar refractivity (Wildman–Crippen MR) is 18.9 cm³/mol. The van der Waals surface area contributed by atoms with Crippen LogP contribution in [0.4, 0.5) is 0 Å². The Morgan fingerprint density at radius 1 is 1.17 bits per heavy atom. The van der Waals surface area contributed by atoms with E-state index < -0.39 is 0 Å². The molecule has 0 amide bonds. The maximum absolute atomic E-state index is 4.47. The minimum Gasteiger partial charge on any atom is -0.359 e. The van der Waals surface area contributed by atoms with Crippen LogP contribution in [0.1, 0.15) is 0 Å². The van der Waals surface area contributed by atoms with E-state index in [-0.39, 0.29) is 21.7 Å². The molecule has 0 unspecified atom stereocenters. The number of methoxy groups -OCH3 is 2. The van der Waals surface area contributed by atoms with Gasteiger partial charge in [0.25, 0.3) is 0 Å². The summed E-state index contributed by atoms with van der Waals surface area (Å²) in [6, 6.07) is 0. The van der Waals surface area contributed by atoms with Gasteiger partial charge in [-0.25, -0.2) is 0 Å². The SMILES string of the molecule is COCOC.[Ti]. The van der Waals surface area contributed by atoms with E-state index in [1.165, 1.54) is 0 Å². The van der Waals surface area contributed by atoms with Gasteiger partial charge >= 0.3 is 0 Å². The molecule has 0 aliphatic rings. The van der Waals surface area contributed by atoms with Crippen LogP contribution in [0.5, 0.6) is 0 Å². The van der Waals surface area contributed by atoms with E-state index in [4.69, 9.17) is 0 Å². The van der Waals surface area contributed by atoms with Gasteiger partial charge in [-0.3, -0.25) is 0 Å². The fourth-order valence-corrected chi connectivity index (χ4v) is 0.118. The topological polar surface area (TPSA) is 18.5 Å². The number of hydrogen-bond acceptors (Lipinski definition) is 2. The van der Waals surface area contributed by atoms with Crippen molar-refractivity contribution in [2.75, 3.05) is 21.0 Å². The summed E-state index contributed by atoms with van der Waals surface area (Å²) in [4.78, 5) is 0. The number of hydrogen-bond donors (Lipinski definition) is 0. The first kappa shape index (κ1) is 9.81. The zero-order valence-electron chi connectivity index (χ0n) is 4.02. The molecular weight excluding hydrogens is 116 g/mol. The van der Waals surface area contributed by atoms with E-state index in [2.05, 4.69) is 9.47 Å². The third-order valence-corrected chi connectivity index (χ3v) is 0.236. The van der Waals surface area contributed by atoms with Gasteiger partial charge < -0.3 is 9.47 Å². The maximum atomic E-state index is 4.47.